The first-order valence-corrected chi connectivity index (χ1v) is 8.84. The van der Waals surface area contributed by atoms with Crippen LogP contribution in [0.15, 0.2) is 42.5 Å². The summed E-state index contributed by atoms with van der Waals surface area (Å²) in [6, 6.07) is 9.25. The Balaban J connectivity index is 1.71. The first kappa shape index (κ1) is 20.0. The van der Waals surface area contributed by atoms with Crippen molar-refractivity contribution in [1.82, 2.24) is 5.32 Å². The summed E-state index contributed by atoms with van der Waals surface area (Å²) in [7, 11) is 1.56. The number of alkyl halides is 3. The van der Waals surface area contributed by atoms with E-state index in [1.54, 1.807) is 19.2 Å². The minimum atomic E-state index is -4.58. The van der Waals surface area contributed by atoms with Gasteiger partial charge in [0.1, 0.15) is 11.4 Å². The van der Waals surface area contributed by atoms with Crippen molar-refractivity contribution in [1.29, 1.82) is 0 Å². The third kappa shape index (κ3) is 4.22. The van der Waals surface area contributed by atoms with Crippen molar-refractivity contribution in [2.75, 3.05) is 19.0 Å². The van der Waals surface area contributed by atoms with Crippen molar-refractivity contribution in [3.63, 3.8) is 0 Å². The van der Waals surface area contributed by atoms with Gasteiger partial charge in [0.15, 0.2) is 0 Å². The van der Waals surface area contributed by atoms with E-state index in [-0.39, 0.29) is 12.2 Å². The monoisotopic (exact) mass is 394 g/mol. The van der Waals surface area contributed by atoms with Gasteiger partial charge in [-0.05, 0) is 54.7 Å². The van der Waals surface area contributed by atoms with Crippen LogP contribution in [0.4, 0.5) is 23.7 Å². The van der Waals surface area contributed by atoms with E-state index in [0.29, 0.717) is 17.7 Å². The fraction of sp³-hybridized carbons (Fsp3) is 0.350. The SMILES string of the molecule is COc1ccc2c(c1)CCCC2(O)CNC(=O)Nc1ccccc1C(F)(F)F. The van der Waals surface area contributed by atoms with E-state index in [2.05, 4.69) is 10.6 Å². The standard InChI is InChI=1S/C20H21F3N2O3/c1-28-14-8-9-15-13(11-14)5-4-10-19(15,27)12-24-18(26)25-17-7-3-2-6-16(17)20(21,22)23/h2-3,6-9,11,27H,4-5,10,12H2,1H3,(H2,24,25,26). The van der Waals surface area contributed by atoms with Gasteiger partial charge in [0.2, 0.25) is 0 Å². The predicted octanol–water partition coefficient (Wildman–Crippen LogP) is 4.06. The summed E-state index contributed by atoms with van der Waals surface area (Å²) < 4.78 is 44.3. The second-order valence-electron chi connectivity index (χ2n) is 6.76. The van der Waals surface area contributed by atoms with Gasteiger partial charge in [-0.15, -0.1) is 0 Å². The number of nitrogens with one attached hydrogen (secondary N) is 2. The Bertz CT molecular complexity index is 870. The molecule has 2 aromatic carbocycles. The number of carbonyl (C=O) groups excluding carboxylic acids is 1. The zero-order chi connectivity index (χ0) is 20.4. The van der Waals surface area contributed by atoms with E-state index in [9.17, 15) is 23.1 Å². The maximum absolute atomic E-state index is 13.0. The minimum Gasteiger partial charge on any atom is -0.497 e. The molecule has 0 saturated heterocycles. The van der Waals surface area contributed by atoms with E-state index in [1.165, 1.54) is 18.2 Å². The van der Waals surface area contributed by atoms with E-state index in [1.807, 2.05) is 6.07 Å². The number of carbonyl (C=O) groups is 1. The topological polar surface area (TPSA) is 70.6 Å². The Morgan fingerprint density at radius 2 is 2.00 bits per heavy atom. The molecule has 150 valence electrons. The number of hydrogen-bond acceptors (Lipinski definition) is 3. The van der Waals surface area contributed by atoms with Gasteiger partial charge in [-0.1, -0.05) is 18.2 Å². The molecular weight excluding hydrogens is 373 g/mol. The molecule has 1 atom stereocenters. The molecule has 5 nitrogen and oxygen atoms in total. The van der Waals surface area contributed by atoms with Crippen LogP contribution >= 0.6 is 0 Å². The van der Waals surface area contributed by atoms with Crippen LogP contribution in [0.1, 0.15) is 29.5 Å². The third-order valence-corrected chi connectivity index (χ3v) is 4.87. The average Bonchev–Trinajstić information content (AvgIpc) is 2.66. The van der Waals surface area contributed by atoms with Gasteiger partial charge in [0.05, 0.1) is 24.9 Å². The zero-order valence-corrected chi connectivity index (χ0v) is 15.3. The molecule has 2 amide bonds. The molecule has 8 heteroatoms. The highest BCUT2D eigenvalue weighted by Gasteiger charge is 2.36. The Labute approximate surface area is 160 Å². The van der Waals surface area contributed by atoms with Crippen LogP contribution in [0, 0.1) is 0 Å². The van der Waals surface area contributed by atoms with Crippen LogP contribution in [-0.2, 0) is 18.2 Å². The van der Waals surface area contributed by atoms with Gasteiger partial charge in [0, 0.05) is 0 Å². The molecule has 0 heterocycles. The number of hydrogen-bond donors (Lipinski definition) is 3. The molecule has 0 spiro atoms. The van der Waals surface area contributed by atoms with Crippen molar-refractivity contribution in [2.45, 2.75) is 31.0 Å². The summed E-state index contributed by atoms with van der Waals surface area (Å²) in [6.45, 7) is -0.119. The summed E-state index contributed by atoms with van der Waals surface area (Å²) in [4.78, 5) is 12.2. The summed E-state index contributed by atoms with van der Waals surface area (Å²) in [5.74, 6) is 0.678. The van der Waals surface area contributed by atoms with Crippen molar-refractivity contribution in [3.05, 3.63) is 59.2 Å². The molecular formula is C20H21F3N2O3. The lowest BCUT2D eigenvalue weighted by molar-refractivity contribution is -0.136. The van der Waals surface area contributed by atoms with Crippen molar-refractivity contribution < 1.29 is 27.8 Å². The quantitative estimate of drug-likeness (QED) is 0.733. The smallest absolute Gasteiger partial charge is 0.418 e. The fourth-order valence-corrected chi connectivity index (χ4v) is 3.48. The van der Waals surface area contributed by atoms with Gasteiger partial charge < -0.3 is 20.5 Å². The van der Waals surface area contributed by atoms with E-state index < -0.39 is 23.4 Å². The summed E-state index contributed by atoms with van der Waals surface area (Å²) in [5, 5.41) is 15.7. The maximum atomic E-state index is 13.0. The third-order valence-electron chi connectivity index (χ3n) is 4.87. The number of anilines is 1. The molecule has 0 aliphatic heterocycles. The van der Waals surface area contributed by atoms with E-state index in [4.69, 9.17) is 4.74 Å². The first-order valence-electron chi connectivity index (χ1n) is 8.84. The van der Waals surface area contributed by atoms with Crippen LogP contribution in [0.3, 0.4) is 0 Å². The van der Waals surface area contributed by atoms with Crippen molar-refractivity contribution >= 4 is 11.7 Å². The number of para-hydroxylation sites is 1. The average molecular weight is 394 g/mol. The molecule has 0 fully saturated rings. The normalized spacial score (nSPS) is 18.9. The van der Waals surface area contributed by atoms with Crippen LogP contribution < -0.4 is 15.4 Å². The van der Waals surface area contributed by atoms with Crippen LogP contribution in [-0.4, -0.2) is 24.8 Å². The second kappa shape index (κ2) is 7.71. The largest absolute Gasteiger partial charge is 0.497 e. The predicted molar refractivity (Wildman–Crippen MR) is 98.3 cm³/mol. The molecule has 1 unspecified atom stereocenters. The van der Waals surface area contributed by atoms with Gasteiger partial charge in [0.25, 0.3) is 0 Å². The molecule has 0 saturated carbocycles. The highest BCUT2D eigenvalue weighted by Crippen LogP contribution is 2.37. The molecule has 28 heavy (non-hydrogen) atoms. The number of urea groups is 1. The van der Waals surface area contributed by atoms with Crippen LogP contribution in [0.25, 0.3) is 0 Å². The number of rotatable bonds is 4. The van der Waals surface area contributed by atoms with Crippen molar-refractivity contribution in [3.8, 4) is 5.75 Å². The molecule has 2 aromatic rings. The Morgan fingerprint density at radius 1 is 1.25 bits per heavy atom. The number of fused-ring (bicyclic) bond motifs is 1. The Kier molecular flexibility index (Phi) is 5.51. The summed E-state index contributed by atoms with van der Waals surface area (Å²) in [5.41, 5.74) is -0.943. The second-order valence-corrected chi connectivity index (χ2v) is 6.76. The Hall–Kier alpha value is -2.74. The number of methoxy groups -OCH3 is 1. The number of benzene rings is 2. The van der Waals surface area contributed by atoms with Gasteiger partial charge in [-0.25, -0.2) is 4.79 Å². The van der Waals surface area contributed by atoms with Gasteiger partial charge >= 0.3 is 12.2 Å². The number of aryl methyl sites for hydroxylation is 1. The van der Waals surface area contributed by atoms with Crippen LogP contribution in [0.2, 0.25) is 0 Å². The number of ether oxygens (including phenoxy) is 1. The molecule has 3 rings (SSSR count). The minimum absolute atomic E-state index is 0.119. The van der Waals surface area contributed by atoms with Gasteiger partial charge in [-0.2, -0.15) is 13.2 Å². The van der Waals surface area contributed by atoms with Gasteiger partial charge in [-0.3, -0.25) is 0 Å². The maximum Gasteiger partial charge on any atom is 0.418 e. The first-order chi connectivity index (χ1) is 13.2. The van der Waals surface area contributed by atoms with E-state index in [0.717, 1.165) is 24.5 Å². The Morgan fingerprint density at radius 3 is 2.71 bits per heavy atom. The highest BCUT2D eigenvalue weighted by molar-refractivity contribution is 5.90. The molecule has 1 aliphatic carbocycles. The zero-order valence-electron chi connectivity index (χ0n) is 15.3. The lowest BCUT2D eigenvalue weighted by atomic mass is 9.79. The molecule has 0 bridgehead atoms. The molecule has 0 aromatic heterocycles. The molecule has 3 N–H and O–H groups in total. The lowest BCUT2D eigenvalue weighted by Gasteiger charge is -2.35. The number of halogens is 3. The number of amides is 2. The fourth-order valence-electron chi connectivity index (χ4n) is 3.48. The van der Waals surface area contributed by atoms with Crippen molar-refractivity contribution in [2.24, 2.45) is 0 Å². The highest BCUT2D eigenvalue weighted by atomic mass is 19.4. The molecule has 0 radical (unpaired) electrons. The van der Waals surface area contributed by atoms with E-state index >= 15 is 0 Å². The summed E-state index contributed by atoms with van der Waals surface area (Å²) >= 11 is 0. The summed E-state index contributed by atoms with van der Waals surface area (Å²) in [6.07, 6.45) is -2.65. The molecule has 1 aliphatic rings. The van der Waals surface area contributed by atoms with Crippen LogP contribution in [0.5, 0.6) is 5.75 Å². The number of aliphatic hydroxyl groups is 1. The lowest BCUT2D eigenvalue weighted by Crippen LogP contribution is -2.44.